The third-order valence-electron chi connectivity index (χ3n) is 1.76. The van der Waals surface area contributed by atoms with Gasteiger partial charge in [0.25, 0.3) is 0 Å². The van der Waals surface area contributed by atoms with Crippen molar-refractivity contribution in [1.29, 1.82) is 0 Å². The molecule has 3 nitrogen and oxygen atoms in total. The second-order valence-electron chi connectivity index (χ2n) is 2.81. The standard InChI is InChI=1S/C11H13NO2/c1-2-10(12)11(13)14-8-9-6-4-3-5-7-9/h2-7H,8,12H2,1H3/b10-2-. The van der Waals surface area contributed by atoms with E-state index in [-0.39, 0.29) is 12.3 Å². The van der Waals surface area contributed by atoms with Crippen LogP contribution in [0.25, 0.3) is 0 Å². The van der Waals surface area contributed by atoms with Gasteiger partial charge in [-0.3, -0.25) is 0 Å². The molecule has 14 heavy (non-hydrogen) atoms. The van der Waals surface area contributed by atoms with Gasteiger partial charge in [-0.1, -0.05) is 36.4 Å². The summed E-state index contributed by atoms with van der Waals surface area (Å²) in [4.78, 5) is 11.1. The minimum atomic E-state index is -0.476. The van der Waals surface area contributed by atoms with Crippen molar-refractivity contribution >= 4 is 5.97 Å². The number of benzene rings is 1. The topological polar surface area (TPSA) is 52.3 Å². The van der Waals surface area contributed by atoms with Crippen molar-refractivity contribution < 1.29 is 9.53 Å². The Morgan fingerprint density at radius 3 is 2.64 bits per heavy atom. The van der Waals surface area contributed by atoms with E-state index in [4.69, 9.17) is 10.5 Å². The first-order chi connectivity index (χ1) is 6.74. The van der Waals surface area contributed by atoms with Gasteiger partial charge < -0.3 is 10.5 Å². The van der Waals surface area contributed by atoms with E-state index in [1.54, 1.807) is 6.92 Å². The number of esters is 1. The minimum absolute atomic E-state index is 0.140. The number of carbonyl (C=O) groups is 1. The number of nitrogens with two attached hydrogens (primary N) is 1. The lowest BCUT2D eigenvalue weighted by molar-refractivity contribution is -0.140. The molecule has 2 N–H and O–H groups in total. The Morgan fingerprint density at radius 2 is 2.07 bits per heavy atom. The Hall–Kier alpha value is -1.77. The molecule has 1 rings (SSSR count). The van der Waals surface area contributed by atoms with Crippen LogP contribution in [0.15, 0.2) is 42.1 Å². The summed E-state index contributed by atoms with van der Waals surface area (Å²) in [5, 5.41) is 0. The fourth-order valence-corrected chi connectivity index (χ4v) is 0.924. The van der Waals surface area contributed by atoms with E-state index in [0.29, 0.717) is 0 Å². The molecule has 0 saturated heterocycles. The van der Waals surface area contributed by atoms with Crippen molar-refractivity contribution in [2.75, 3.05) is 0 Å². The molecule has 0 aliphatic heterocycles. The van der Waals surface area contributed by atoms with Crippen LogP contribution in [0.1, 0.15) is 12.5 Å². The predicted molar refractivity (Wildman–Crippen MR) is 54.2 cm³/mol. The summed E-state index contributed by atoms with van der Waals surface area (Å²) < 4.78 is 4.95. The summed E-state index contributed by atoms with van der Waals surface area (Å²) in [6.07, 6.45) is 1.52. The second kappa shape index (κ2) is 5.07. The van der Waals surface area contributed by atoms with Crippen LogP contribution in [0, 0.1) is 0 Å². The molecule has 0 aliphatic carbocycles. The molecule has 0 saturated carbocycles. The van der Waals surface area contributed by atoms with Gasteiger partial charge in [0.1, 0.15) is 12.3 Å². The highest BCUT2D eigenvalue weighted by atomic mass is 16.5. The van der Waals surface area contributed by atoms with Crippen LogP contribution in [0.5, 0.6) is 0 Å². The number of rotatable bonds is 3. The summed E-state index contributed by atoms with van der Waals surface area (Å²) in [6, 6.07) is 9.47. The highest BCUT2D eigenvalue weighted by Gasteiger charge is 2.04. The number of hydrogen-bond donors (Lipinski definition) is 1. The quantitative estimate of drug-likeness (QED) is 0.583. The van der Waals surface area contributed by atoms with Gasteiger partial charge >= 0.3 is 5.97 Å². The summed E-state index contributed by atoms with van der Waals surface area (Å²) in [7, 11) is 0. The first-order valence-electron chi connectivity index (χ1n) is 4.37. The Morgan fingerprint density at radius 1 is 1.43 bits per heavy atom. The molecule has 0 unspecified atom stereocenters. The number of carbonyl (C=O) groups excluding carboxylic acids is 1. The monoisotopic (exact) mass is 191 g/mol. The van der Waals surface area contributed by atoms with Crippen molar-refractivity contribution in [3.63, 3.8) is 0 Å². The lowest BCUT2D eigenvalue weighted by atomic mass is 10.2. The molecule has 3 heteroatoms. The maximum atomic E-state index is 11.1. The zero-order chi connectivity index (χ0) is 10.4. The molecule has 0 bridgehead atoms. The predicted octanol–water partition coefficient (Wildman–Crippen LogP) is 1.59. The van der Waals surface area contributed by atoms with Crippen LogP contribution < -0.4 is 5.73 Å². The molecule has 0 aromatic heterocycles. The lowest BCUT2D eigenvalue weighted by Gasteiger charge is -2.03. The molecule has 1 aromatic carbocycles. The molecule has 1 aromatic rings. The number of hydrogen-bond acceptors (Lipinski definition) is 3. The van der Waals surface area contributed by atoms with Crippen LogP contribution in [0.3, 0.4) is 0 Å². The fraction of sp³-hybridized carbons (Fsp3) is 0.182. The van der Waals surface area contributed by atoms with Gasteiger partial charge in [0, 0.05) is 0 Å². The number of ether oxygens (including phenoxy) is 1. The second-order valence-corrected chi connectivity index (χ2v) is 2.81. The zero-order valence-electron chi connectivity index (χ0n) is 8.07. The SMILES string of the molecule is C/C=C(\N)C(=O)OCc1ccccc1. The summed E-state index contributed by atoms with van der Waals surface area (Å²) >= 11 is 0. The van der Waals surface area contributed by atoms with Crippen molar-refractivity contribution in [1.82, 2.24) is 0 Å². The van der Waals surface area contributed by atoms with Gasteiger partial charge in [0.05, 0.1) is 0 Å². The van der Waals surface area contributed by atoms with E-state index >= 15 is 0 Å². The fourth-order valence-electron chi connectivity index (χ4n) is 0.924. The van der Waals surface area contributed by atoms with Crippen molar-refractivity contribution in [3.05, 3.63) is 47.7 Å². The molecule has 0 aliphatic rings. The van der Waals surface area contributed by atoms with Gasteiger partial charge in [-0.2, -0.15) is 0 Å². The molecule has 0 radical (unpaired) electrons. The molecule has 0 atom stereocenters. The van der Waals surface area contributed by atoms with Crippen LogP contribution in [-0.4, -0.2) is 5.97 Å². The highest BCUT2D eigenvalue weighted by molar-refractivity contribution is 5.87. The molecule has 0 spiro atoms. The Balaban J connectivity index is 2.46. The van der Waals surface area contributed by atoms with E-state index in [1.165, 1.54) is 6.08 Å². The Labute approximate surface area is 83.2 Å². The third kappa shape index (κ3) is 2.94. The number of allylic oxidation sites excluding steroid dienone is 1. The maximum absolute atomic E-state index is 11.1. The average molecular weight is 191 g/mol. The molecular weight excluding hydrogens is 178 g/mol. The third-order valence-corrected chi connectivity index (χ3v) is 1.76. The van der Waals surface area contributed by atoms with E-state index in [2.05, 4.69) is 0 Å². The molecular formula is C11H13NO2. The van der Waals surface area contributed by atoms with Crippen LogP contribution in [0.2, 0.25) is 0 Å². The van der Waals surface area contributed by atoms with Gasteiger partial charge in [-0.15, -0.1) is 0 Å². The first kappa shape index (κ1) is 10.3. The van der Waals surface area contributed by atoms with E-state index in [9.17, 15) is 4.79 Å². The Kier molecular flexibility index (Phi) is 3.73. The van der Waals surface area contributed by atoms with E-state index in [0.717, 1.165) is 5.56 Å². The largest absolute Gasteiger partial charge is 0.456 e. The Bertz CT molecular complexity index is 330. The van der Waals surface area contributed by atoms with Crippen molar-refractivity contribution in [2.45, 2.75) is 13.5 Å². The van der Waals surface area contributed by atoms with Crippen LogP contribution in [0.4, 0.5) is 0 Å². The molecule has 0 fully saturated rings. The minimum Gasteiger partial charge on any atom is -0.456 e. The lowest BCUT2D eigenvalue weighted by Crippen LogP contribution is -2.14. The molecule has 0 heterocycles. The first-order valence-corrected chi connectivity index (χ1v) is 4.37. The van der Waals surface area contributed by atoms with Gasteiger partial charge in [0.15, 0.2) is 0 Å². The molecule has 74 valence electrons. The van der Waals surface area contributed by atoms with E-state index in [1.807, 2.05) is 30.3 Å². The maximum Gasteiger partial charge on any atom is 0.354 e. The van der Waals surface area contributed by atoms with Crippen molar-refractivity contribution in [3.8, 4) is 0 Å². The van der Waals surface area contributed by atoms with Gasteiger partial charge in [0.2, 0.25) is 0 Å². The van der Waals surface area contributed by atoms with Gasteiger partial charge in [-0.25, -0.2) is 4.79 Å². The zero-order valence-corrected chi connectivity index (χ0v) is 8.07. The van der Waals surface area contributed by atoms with E-state index < -0.39 is 5.97 Å². The molecule has 0 amide bonds. The summed E-state index contributed by atoms with van der Waals surface area (Å²) in [5.41, 5.74) is 6.46. The van der Waals surface area contributed by atoms with Gasteiger partial charge in [-0.05, 0) is 12.5 Å². The van der Waals surface area contributed by atoms with Crippen molar-refractivity contribution in [2.24, 2.45) is 5.73 Å². The average Bonchev–Trinajstić information content (AvgIpc) is 2.26. The van der Waals surface area contributed by atoms with Crippen LogP contribution in [-0.2, 0) is 16.1 Å². The summed E-state index contributed by atoms with van der Waals surface area (Å²) in [5.74, 6) is -0.476. The summed E-state index contributed by atoms with van der Waals surface area (Å²) in [6.45, 7) is 1.95. The normalized spacial score (nSPS) is 11.1. The smallest absolute Gasteiger partial charge is 0.354 e. The van der Waals surface area contributed by atoms with Crippen LogP contribution >= 0.6 is 0 Å². The highest BCUT2D eigenvalue weighted by Crippen LogP contribution is 2.01.